The zero-order valence-electron chi connectivity index (χ0n) is 33.2. The van der Waals surface area contributed by atoms with E-state index in [4.69, 9.17) is 0 Å². The van der Waals surface area contributed by atoms with Crippen LogP contribution in [0.15, 0.2) is 218 Å². The van der Waals surface area contributed by atoms with Gasteiger partial charge in [0.05, 0.1) is 0 Å². The number of rotatable bonds is 4. The molecule has 1 aromatic heterocycles. The van der Waals surface area contributed by atoms with Crippen molar-refractivity contribution in [3.05, 3.63) is 218 Å². The van der Waals surface area contributed by atoms with Crippen LogP contribution in [-0.4, -0.2) is 14.5 Å². The molecule has 0 bridgehead atoms. The molecule has 1 heterocycles. The van der Waals surface area contributed by atoms with Gasteiger partial charge in [0.25, 0.3) is 0 Å². The van der Waals surface area contributed by atoms with Crippen molar-refractivity contribution < 1.29 is 0 Å². The van der Waals surface area contributed by atoms with Crippen LogP contribution in [0.25, 0.3) is 128 Å². The van der Waals surface area contributed by atoms with Crippen LogP contribution in [0.5, 0.6) is 0 Å². The maximum absolute atomic E-state index is 2.52. The van der Waals surface area contributed by atoms with E-state index in [9.17, 15) is 0 Å². The summed E-state index contributed by atoms with van der Waals surface area (Å²) in [4.78, 5) is 0. The summed E-state index contributed by atoms with van der Waals surface area (Å²) in [7, 11) is 0. The molecule has 61 heavy (non-hydrogen) atoms. The Kier molecular flexibility index (Phi) is 7.72. The molecule has 0 saturated carbocycles. The molecule has 0 unspecified atom stereocenters. The van der Waals surface area contributed by atoms with Gasteiger partial charge < -0.3 is 0 Å². The summed E-state index contributed by atoms with van der Waals surface area (Å²) in [5.74, 6) is 0. The van der Waals surface area contributed by atoms with Crippen molar-refractivity contribution in [2.45, 2.75) is 0 Å². The van der Waals surface area contributed by atoms with Crippen molar-refractivity contribution in [3.8, 4) is 44.5 Å². The summed E-state index contributed by atoms with van der Waals surface area (Å²) in [6, 6.07) is 81.7. The fraction of sp³-hybridized carbons (Fsp3) is 0. The topological polar surface area (TPSA) is 0 Å². The number of benzene rings is 12. The van der Waals surface area contributed by atoms with Gasteiger partial charge in [0.15, 0.2) is 0 Å². The summed E-state index contributed by atoms with van der Waals surface area (Å²) in [6.45, 7) is 0. The summed E-state index contributed by atoms with van der Waals surface area (Å²) in [5, 5.41) is 18.1. The third kappa shape index (κ3) is 5.32. The Morgan fingerprint density at radius 1 is 0.230 bits per heavy atom. The Hall–Kier alpha value is -7.28. The summed E-state index contributed by atoms with van der Waals surface area (Å²) in [5.41, 5.74) is 10.4. The van der Waals surface area contributed by atoms with Crippen molar-refractivity contribution in [1.82, 2.24) is 0 Å². The normalized spacial score (nSPS) is 11.9. The first-order chi connectivity index (χ1) is 30.3. The van der Waals surface area contributed by atoms with Crippen molar-refractivity contribution in [3.63, 3.8) is 0 Å². The van der Waals surface area contributed by atoms with Gasteiger partial charge >= 0.3 is 355 Å². The minimum absolute atomic E-state index is 0.104. The van der Waals surface area contributed by atoms with Gasteiger partial charge in [-0.25, -0.2) is 0 Å². The fourth-order valence-corrected chi connectivity index (χ4v) is 13.0. The van der Waals surface area contributed by atoms with Crippen LogP contribution >= 0.6 is 0 Å². The molecular weight excluding hydrogens is 800 g/mol. The second-order valence-electron chi connectivity index (χ2n) is 16.3. The molecule has 0 atom stereocenters. The molecular formula is C60H36Se. The van der Waals surface area contributed by atoms with E-state index in [2.05, 4.69) is 218 Å². The van der Waals surface area contributed by atoms with Crippen LogP contribution in [0.3, 0.4) is 0 Å². The van der Waals surface area contributed by atoms with Crippen molar-refractivity contribution in [2.24, 2.45) is 0 Å². The third-order valence-corrected chi connectivity index (χ3v) is 15.5. The van der Waals surface area contributed by atoms with E-state index in [1.54, 1.807) is 0 Å². The number of fused-ring (bicyclic) bond motifs is 9. The van der Waals surface area contributed by atoms with E-state index in [-0.39, 0.29) is 14.5 Å². The molecule has 0 fully saturated rings. The van der Waals surface area contributed by atoms with Gasteiger partial charge in [0.2, 0.25) is 0 Å². The van der Waals surface area contributed by atoms with E-state index < -0.39 is 0 Å². The van der Waals surface area contributed by atoms with Crippen LogP contribution in [0.4, 0.5) is 0 Å². The Labute approximate surface area is 359 Å². The minimum atomic E-state index is 0.104. The Morgan fingerprint density at radius 2 is 0.590 bits per heavy atom. The van der Waals surface area contributed by atoms with Crippen molar-refractivity contribution >= 4 is 98.4 Å². The maximum atomic E-state index is 2.52. The molecule has 12 aromatic carbocycles. The average molecular weight is 836 g/mol. The van der Waals surface area contributed by atoms with Crippen molar-refractivity contribution in [1.29, 1.82) is 0 Å². The first-order valence-corrected chi connectivity index (χ1v) is 22.8. The number of hydrogen-bond donors (Lipinski definition) is 0. The molecule has 0 spiro atoms. The quantitative estimate of drug-likeness (QED) is 0.122. The molecule has 0 aliphatic heterocycles. The van der Waals surface area contributed by atoms with E-state index in [1.807, 2.05) is 0 Å². The van der Waals surface area contributed by atoms with Gasteiger partial charge in [0.1, 0.15) is 0 Å². The molecule has 1 heteroatoms. The Balaban J connectivity index is 1.03. The molecule has 0 saturated heterocycles. The van der Waals surface area contributed by atoms with Crippen LogP contribution in [0.1, 0.15) is 0 Å². The average Bonchev–Trinajstić information content (AvgIpc) is 3.70. The third-order valence-electron chi connectivity index (χ3n) is 13.0. The second kappa shape index (κ2) is 13.6. The Bertz CT molecular complexity index is 3830. The molecule has 13 rings (SSSR count). The van der Waals surface area contributed by atoms with E-state index >= 15 is 0 Å². The summed E-state index contributed by atoms with van der Waals surface area (Å²) >= 11 is 0.104. The van der Waals surface area contributed by atoms with Crippen LogP contribution in [-0.2, 0) is 0 Å². The molecule has 0 aliphatic carbocycles. The number of hydrogen-bond acceptors (Lipinski definition) is 0. The standard InChI is InChI=1S/C60H36Se/c1-3-16-39-34-41(30-28-37(39)14-1)56-45-18-5-7-20-47(45)58(48-21-8-6-19-46(48)56)43-32-33-44-53-26-13-27-54(60(53)61-55(44)36-43)59-51-24-11-9-22-49(51)57(50-23-10-12-25-52(50)59)42-31-29-38-15-2-4-17-40(38)35-42/h1-36H. The molecule has 0 radical (unpaired) electrons. The molecule has 0 nitrogen and oxygen atoms in total. The molecule has 282 valence electrons. The SMILES string of the molecule is c1ccc2cc(-c3c4ccccc4c(-c4ccc5c(c4)[se]c4c(-c6c7ccccc7c(-c7ccc8ccccc8c7)c7ccccc67)cccc45)c4ccccc34)ccc2c1. The fourth-order valence-electron chi connectivity index (χ4n) is 10.3. The van der Waals surface area contributed by atoms with E-state index in [1.165, 1.54) is 128 Å². The first-order valence-electron chi connectivity index (χ1n) is 21.1. The van der Waals surface area contributed by atoms with Gasteiger partial charge in [0, 0.05) is 0 Å². The summed E-state index contributed by atoms with van der Waals surface area (Å²) < 4.78 is 2.91. The predicted octanol–water partition coefficient (Wildman–Crippen LogP) is 16.6. The zero-order valence-corrected chi connectivity index (χ0v) is 34.9. The van der Waals surface area contributed by atoms with Gasteiger partial charge in [-0.05, 0) is 0 Å². The van der Waals surface area contributed by atoms with Crippen LogP contribution in [0, 0.1) is 0 Å². The van der Waals surface area contributed by atoms with Crippen molar-refractivity contribution in [2.75, 3.05) is 0 Å². The summed E-state index contributed by atoms with van der Waals surface area (Å²) in [6.07, 6.45) is 0. The van der Waals surface area contributed by atoms with Crippen LogP contribution < -0.4 is 0 Å². The van der Waals surface area contributed by atoms with Crippen LogP contribution in [0.2, 0.25) is 0 Å². The predicted molar refractivity (Wildman–Crippen MR) is 265 cm³/mol. The zero-order chi connectivity index (χ0) is 40.0. The molecule has 0 aliphatic rings. The van der Waals surface area contributed by atoms with Gasteiger partial charge in [-0.3, -0.25) is 0 Å². The van der Waals surface area contributed by atoms with E-state index in [0.29, 0.717) is 0 Å². The Morgan fingerprint density at radius 3 is 1.05 bits per heavy atom. The van der Waals surface area contributed by atoms with Gasteiger partial charge in [-0.1, -0.05) is 6.07 Å². The monoisotopic (exact) mass is 836 g/mol. The first kappa shape index (κ1) is 34.6. The van der Waals surface area contributed by atoms with Gasteiger partial charge in [-0.2, -0.15) is 0 Å². The molecule has 0 amide bonds. The van der Waals surface area contributed by atoms with Gasteiger partial charge in [-0.15, -0.1) is 0 Å². The molecule has 0 N–H and O–H groups in total. The molecule has 13 aromatic rings. The second-order valence-corrected chi connectivity index (χ2v) is 18.5. The van der Waals surface area contributed by atoms with E-state index in [0.717, 1.165) is 0 Å².